The molecule has 1 N–H and O–H groups in total. The van der Waals surface area contributed by atoms with Gasteiger partial charge in [-0.1, -0.05) is 12.1 Å². The Morgan fingerprint density at radius 3 is 2.96 bits per heavy atom. The summed E-state index contributed by atoms with van der Waals surface area (Å²) in [6, 6.07) is 11.7. The van der Waals surface area contributed by atoms with Gasteiger partial charge in [-0.05, 0) is 49.1 Å². The maximum Gasteiger partial charge on any atom is 0.258 e. The van der Waals surface area contributed by atoms with Crippen LogP contribution in [0.1, 0.15) is 41.2 Å². The smallest absolute Gasteiger partial charge is 0.258 e. The predicted octanol–water partition coefficient (Wildman–Crippen LogP) is 3.50. The second-order valence-electron chi connectivity index (χ2n) is 5.94. The van der Waals surface area contributed by atoms with E-state index in [-0.39, 0.29) is 11.9 Å². The summed E-state index contributed by atoms with van der Waals surface area (Å²) in [5.74, 6) is 1.47. The number of methoxy groups -OCH3 is 1. The molecule has 1 amide bonds. The van der Waals surface area contributed by atoms with Crippen molar-refractivity contribution in [3.8, 4) is 5.75 Å². The van der Waals surface area contributed by atoms with Crippen molar-refractivity contribution < 1.29 is 9.53 Å². The van der Waals surface area contributed by atoms with E-state index in [0.29, 0.717) is 11.4 Å². The summed E-state index contributed by atoms with van der Waals surface area (Å²) in [5.41, 5.74) is 1.74. The second-order valence-corrected chi connectivity index (χ2v) is 5.94. The zero-order chi connectivity index (χ0) is 16.9. The third kappa shape index (κ3) is 3.20. The second kappa shape index (κ2) is 7.34. The highest BCUT2D eigenvalue weighted by molar-refractivity contribution is 5.99. The Morgan fingerprint density at radius 2 is 2.17 bits per heavy atom. The fraction of sp³-hybridized carbons (Fsp3) is 0.368. The summed E-state index contributed by atoms with van der Waals surface area (Å²) in [6.07, 6.45) is 4.81. The minimum Gasteiger partial charge on any atom is -0.497 e. The number of benzene rings is 1. The van der Waals surface area contributed by atoms with Crippen LogP contribution in [0.5, 0.6) is 5.75 Å². The van der Waals surface area contributed by atoms with E-state index in [9.17, 15) is 4.79 Å². The van der Waals surface area contributed by atoms with Crippen molar-refractivity contribution in [3.05, 3.63) is 53.7 Å². The first-order valence-corrected chi connectivity index (χ1v) is 8.32. The molecule has 24 heavy (non-hydrogen) atoms. The molecule has 1 aromatic heterocycles. The summed E-state index contributed by atoms with van der Waals surface area (Å²) in [7, 11) is 3.45. The first-order valence-electron chi connectivity index (χ1n) is 8.32. The third-order valence-corrected chi connectivity index (χ3v) is 4.52. The van der Waals surface area contributed by atoms with E-state index in [2.05, 4.69) is 16.4 Å². The van der Waals surface area contributed by atoms with Gasteiger partial charge in [-0.2, -0.15) is 0 Å². The Hall–Kier alpha value is -2.56. The largest absolute Gasteiger partial charge is 0.497 e. The van der Waals surface area contributed by atoms with Crippen LogP contribution < -0.4 is 10.1 Å². The number of hydrogen-bond donors (Lipinski definition) is 1. The molecule has 0 radical (unpaired) electrons. The van der Waals surface area contributed by atoms with E-state index in [1.165, 1.54) is 0 Å². The molecule has 1 saturated heterocycles. The van der Waals surface area contributed by atoms with Crippen molar-refractivity contribution in [1.82, 2.24) is 9.88 Å². The lowest BCUT2D eigenvalue weighted by Crippen LogP contribution is -2.38. The van der Waals surface area contributed by atoms with Gasteiger partial charge >= 0.3 is 0 Å². The molecule has 0 aliphatic carbocycles. The number of carbonyl (C=O) groups is 1. The molecule has 5 heteroatoms. The lowest BCUT2D eigenvalue weighted by atomic mass is 9.94. The van der Waals surface area contributed by atoms with E-state index >= 15 is 0 Å². The van der Waals surface area contributed by atoms with Gasteiger partial charge in [0.25, 0.3) is 5.91 Å². The fourth-order valence-corrected chi connectivity index (χ4v) is 3.30. The Kier molecular flexibility index (Phi) is 4.99. The maximum atomic E-state index is 13.1. The van der Waals surface area contributed by atoms with Crippen molar-refractivity contribution in [2.24, 2.45) is 0 Å². The summed E-state index contributed by atoms with van der Waals surface area (Å²) in [6.45, 7) is 0.763. The van der Waals surface area contributed by atoms with Crippen molar-refractivity contribution in [3.63, 3.8) is 0 Å². The minimum absolute atomic E-state index is 0.0277. The number of likely N-dealkylation sites (tertiary alicyclic amines) is 1. The Morgan fingerprint density at radius 1 is 1.29 bits per heavy atom. The number of amides is 1. The van der Waals surface area contributed by atoms with Gasteiger partial charge in [0.05, 0.1) is 18.7 Å². The highest BCUT2D eigenvalue weighted by Crippen LogP contribution is 2.34. The molecule has 1 aliphatic heterocycles. The topological polar surface area (TPSA) is 54.5 Å². The molecule has 5 nitrogen and oxygen atoms in total. The lowest BCUT2D eigenvalue weighted by molar-refractivity contribution is 0.0612. The molecule has 1 fully saturated rings. The van der Waals surface area contributed by atoms with Gasteiger partial charge in [0, 0.05) is 19.8 Å². The molecule has 0 unspecified atom stereocenters. The van der Waals surface area contributed by atoms with Gasteiger partial charge in [-0.15, -0.1) is 0 Å². The van der Waals surface area contributed by atoms with Crippen LogP contribution in [0.25, 0.3) is 0 Å². The van der Waals surface area contributed by atoms with Crippen LogP contribution in [0.4, 0.5) is 5.82 Å². The summed E-state index contributed by atoms with van der Waals surface area (Å²) < 4.78 is 5.34. The van der Waals surface area contributed by atoms with Crippen LogP contribution in [0, 0.1) is 0 Å². The van der Waals surface area contributed by atoms with Crippen LogP contribution in [0.2, 0.25) is 0 Å². The summed E-state index contributed by atoms with van der Waals surface area (Å²) in [5, 5.41) is 3.01. The normalized spacial score (nSPS) is 17.4. The Labute approximate surface area is 142 Å². The van der Waals surface area contributed by atoms with Crippen LogP contribution in [0.15, 0.2) is 42.6 Å². The highest BCUT2D eigenvalue weighted by atomic mass is 16.5. The predicted molar refractivity (Wildman–Crippen MR) is 94.4 cm³/mol. The average Bonchev–Trinajstić information content (AvgIpc) is 2.67. The first kappa shape index (κ1) is 16.3. The molecule has 3 rings (SSSR count). The number of pyridine rings is 1. The Bertz CT molecular complexity index is 717. The fourth-order valence-electron chi connectivity index (χ4n) is 3.30. The van der Waals surface area contributed by atoms with E-state index in [1.54, 1.807) is 26.4 Å². The molecular formula is C19H23N3O2. The standard InChI is InChI=1S/C19H23N3O2/c1-20-18-16(9-6-11-21-18)19(23)22-12-4-3-10-17(22)14-7-5-8-15(13-14)24-2/h5-9,11,13,17H,3-4,10,12H2,1-2H3,(H,20,21)/t17-/m0/s1. The number of aromatic nitrogens is 1. The van der Waals surface area contributed by atoms with Crippen LogP contribution in [-0.4, -0.2) is 36.5 Å². The van der Waals surface area contributed by atoms with Gasteiger partial charge in [0.15, 0.2) is 0 Å². The molecule has 2 aromatic rings. The van der Waals surface area contributed by atoms with Crippen LogP contribution in [-0.2, 0) is 0 Å². The van der Waals surface area contributed by atoms with E-state index < -0.39 is 0 Å². The van der Waals surface area contributed by atoms with Gasteiger partial charge < -0.3 is 15.0 Å². The molecule has 1 aliphatic rings. The number of nitrogens with one attached hydrogen (secondary N) is 1. The zero-order valence-corrected chi connectivity index (χ0v) is 14.2. The van der Waals surface area contributed by atoms with Crippen molar-refractivity contribution in [1.29, 1.82) is 0 Å². The first-order chi connectivity index (χ1) is 11.7. The molecule has 126 valence electrons. The number of carbonyl (C=O) groups excluding carboxylic acids is 1. The molecule has 1 atom stereocenters. The lowest BCUT2D eigenvalue weighted by Gasteiger charge is -2.36. The molecule has 0 spiro atoms. The maximum absolute atomic E-state index is 13.1. The van der Waals surface area contributed by atoms with E-state index in [4.69, 9.17) is 4.74 Å². The van der Waals surface area contributed by atoms with Gasteiger partial charge in [-0.25, -0.2) is 4.98 Å². The number of rotatable bonds is 4. The monoisotopic (exact) mass is 325 g/mol. The van der Waals surface area contributed by atoms with Crippen LogP contribution >= 0.6 is 0 Å². The van der Waals surface area contributed by atoms with E-state index in [0.717, 1.165) is 37.1 Å². The van der Waals surface area contributed by atoms with Gasteiger partial charge in [0.2, 0.25) is 0 Å². The molecule has 0 bridgehead atoms. The number of nitrogens with zero attached hydrogens (tertiary/aromatic N) is 2. The number of anilines is 1. The highest BCUT2D eigenvalue weighted by Gasteiger charge is 2.30. The minimum atomic E-state index is 0.0277. The Balaban J connectivity index is 1.93. The molecule has 1 aromatic carbocycles. The summed E-state index contributed by atoms with van der Waals surface area (Å²) in [4.78, 5) is 19.4. The third-order valence-electron chi connectivity index (χ3n) is 4.52. The zero-order valence-electron chi connectivity index (χ0n) is 14.2. The number of ether oxygens (including phenoxy) is 1. The summed E-state index contributed by atoms with van der Waals surface area (Å²) >= 11 is 0. The molecule has 2 heterocycles. The quantitative estimate of drug-likeness (QED) is 0.935. The van der Waals surface area contributed by atoms with Crippen molar-refractivity contribution >= 4 is 11.7 Å². The van der Waals surface area contributed by atoms with Gasteiger partial charge in [0.1, 0.15) is 11.6 Å². The average molecular weight is 325 g/mol. The number of hydrogen-bond acceptors (Lipinski definition) is 4. The molecular weight excluding hydrogens is 302 g/mol. The van der Waals surface area contributed by atoms with Crippen molar-refractivity contribution in [2.75, 3.05) is 26.0 Å². The number of piperidine rings is 1. The van der Waals surface area contributed by atoms with E-state index in [1.807, 2.05) is 29.2 Å². The van der Waals surface area contributed by atoms with Gasteiger partial charge in [-0.3, -0.25) is 4.79 Å². The van der Waals surface area contributed by atoms with Crippen LogP contribution in [0.3, 0.4) is 0 Å². The molecule has 0 saturated carbocycles. The van der Waals surface area contributed by atoms with Crippen molar-refractivity contribution in [2.45, 2.75) is 25.3 Å². The SMILES string of the molecule is CNc1ncccc1C(=O)N1CCCC[C@H]1c1cccc(OC)c1.